The summed E-state index contributed by atoms with van der Waals surface area (Å²) in [6.45, 7) is 5.00. The molecule has 0 aromatic heterocycles. The van der Waals surface area contributed by atoms with Gasteiger partial charge < -0.3 is 21.8 Å². The average Bonchev–Trinajstić information content (AvgIpc) is 1.00. The van der Waals surface area contributed by atoms with E-state index >= 15 is 0 Å². The Balaban J connectivity index is -0.000000000833. The number of hydrogen-bond acceptors (Lipinski definition) is 0. The molecule has 0 nitrogen and oxygen atoms in total. The molecule has 0 radical (unpaired) electrons. The molecule has 30 valence electrons. The van der Waals surface area contributed by atoms with Crippen molar-refractivity contribution < 1.29 is 103 Å². The molecule has 0 N–H and O–H groups in total. The second-order valence-electron chi connectivity index (χ2n) is 0. The second-order valence-corrected chi connectivity index (χ2v) is 0. The Morgan fingerprint density at radius 2 is 0.833 bits per heavy atom. The van der Waals surface area contributed by atoms with Gasteiger partial charge in [0.2, 0.25) is 0 Å². The molecule has 0 aromatic carbocycles. The van der Waals surface area contributed by atoms with Crippen molar-refractivity contribution in [1.82, 2.24) is 0 Å². The van der Waals surface area contributed by atoms with Gasteiger partial charge in [0.15, 0.2) is 0 Å². The standard InChI is InChI=1S/C2H5.2CH3.2K/c1-2;;;;/h1H2,2H3;2*1H3;;/q3*-1;2*+1. The largest absolute Gasteiger partial charge is 1.00 e. The van der Waals surface area contributed by atoms with Gasteiger partial charge in [0.25, 0.3) is 0 Å². The van der Waals surface area contributed by atoms with Crippen molar-refractivity contribution in [3.05, 3.63) is 21.8 Å². The molecule has 0 fully saturated rings. The van der Waals surface area contributed by atoms with Crippen molar-refractivity contribution in [1.29, 1.82) is 0 Å². The van der Waals surface area contributed by atoms with Gasteiger partial charge in [-0.25, -0.2) is 0 Å². The van der Waals surface area contributed by atoms with Crippen molar-refractivity contribution >= 4 is 0 Å². The minimum atomic E-state index is 0. The molecule has 0 heterocycles. The van der Waals surface area contributed by atoms with Crippen LogP contribution in [0.5, 0.6) is 0 Å². The van der Waals surface area contributed by atoms with Gasteiger partial charge in [-0.3, -0.25) is 0 Å². The van der Waals surface area contributed by atoms with Crippen LogP contribution in [0.15, 0.2) is 0 Å². The van der Waals surface area contributed by atoms with Crippen LogP contribution < -0.4 is 103 Å². The van der Waals surface area contributed by atoms with Crippen LogP contribution in [0, 0.1) is 21.8 Å². The zero-order chi connectivity index (χ0) is 2.00. The third-order valence-electron chi connectivity index (χ3n) is 0. The summed E-state index contributed by atoms with van der Waals surface area (Å²) in [5, 5.41) is 0. The summed E-state index contributed by atoms with van der Waals surface area (Å²) < 4.78 is 0. The third-order valence-corrected chi connectivity index (χ3v) is 0. The van der Waals surface area contributed by atoms with Crippen molar-refractivity contribution in [3.8, 4) is 0 Å². The van der Waals surface area contributed by atoms with Gasteiger partial charge in [-0.15, -0.1) is 0 Å². The fourth-order valence-electron chi connectivity index (χ4n) is 0. The average molecular weight is 137 g/mol. The molecule has 2 heteroatoms. The maximum atomic E-state index is 3.25. The Kier molecular flexibility index (Phi) is 237. The minimum absolute atomic E-state index is 0. The van der Waals surface area contributed by atoms with Gasteiger partial charge in [-0.1, -0.05) is 0 Å². The Bertz CT molecular complexity index is 5.51. The van der Waals surface area contributed by atoms with E-state index in [-0.39, 0.29) is 118 Å². The summed E-state index contributed by atoms with van der Waals surface area (Å²) in [6.07, 6.45) is 0. The number of hydrogen-bond donors (Lipinski definition) is 0. The van der Waals surface area contributed by atoms with Crippen LogP contribution in [0.3, 0.4) is 0 Å². The molecule has 0 unspecified atom stereocenters. The van der Waals surface area contributed by atoms with Crippen LogP contribution in [-0.2, 0) is 0 Å². The Morgan fingerprint density at radius 3 is 0.833 bits per heavy atom. The van der Waals surface area contributed by atoms with Gasteiger partial charge in [-0.2, -0.15) is 6.92 Å². The van der Waals surface area contributed by atoms with Crippen LogP contribution >= 0.6 is 0 Å². The van der Waals surface area contributed by atoms with Crippen LogP contribution in [0.2, 0.25) is 0 Å². The van der Waals surface area contributed by atoms with Gasteiger partial charge in [-0.05, 0) is 0 Å². The van der Waals surface area contributed by atoms with E-state index in [0.717, 1.165) is 0 Å². The topological polar surface area (TPSA) is 0 Å². The molecule has 0 aromatic rings. The van der Waals surface area contributed by atoms with Crippen molar-refractivity contribution in [3.63, 3.8) is 0 Å². The van der Waals surface area contributed by atoms with E-state index in [9.17, 15) is 0 Å². The van der Waals surface area contributed by atoms with Crippen LogP contribution in [0.1, 0.15) is 6.92 Å². The van der Waals surface area contributed by atoms with E-state index in [1.807, 2.05) is 0 Å². The summed E-state index contributed by atoms with van der Waals surface area (Å²) >= 11 is 0. The first-order valence-electron chi connectivity index (χ1n) is 0.707. The molecule has 0 amide bonds. The van der Waals surface area contributed by atoms with Gasteiger partial charge in [0, 0.05) is 0 Å². The molecule has 0 atom stereocenters. The smallest absolute Gasteiger partial charge is 0.358 e. The SMILES string of the molecule is [CH2-]C.[CH3-].[CH3-].[K+].[K+]. The summed E-state index contributed by atoms with van der Waals surface area (Å²) in [7, 11) is 0. The van der Waals surface area contributed by atoms with E-state index in [0.29, 0.717) is 0 Å². The minimum Gasteiger partial charge on any atom is -0.358 e. The number of rotatable bonds is 0. The predicted octanol–water partition coefficient (Wildman–Crippen LogP) is -4.25. The summed E-state index contributed by atoms with van der Waals surface area (Å²) in [5.41, 5.74) is 0. The summed E-state index contributed by atoms with van der Waals surface area (Å²) in [5.74, 6) is 0. The molecule has 0 aliphatic heterocycles. The van der Waals surface area contributed by atoms with Crippen LogP contribution in [0.25, 0.3) is 0 Å². The van der Waals surface area contributed by atoms with E-state index in [1.54, 1.807) is 6.92 Å². The third kappa shape index (κ3) is 26.7. The molecular formula is C4H11K2-. The first-order valence-corrected chi connectivity index (χ1v) is 0.707. The molecular weight excluding hydrogens is 126 g/mol. The first kappa shape index (κ1) is 34.8. The van der Waals surface area contributed by atoms with Crippen LogP contribution in [-0.4, -0.2) is 0 Å². The Morgan fingerprint density at radius 1 is 0.833 bits per heavy atom. The molecule has 0 bridgehead atoms. The fraction of sp³-hybridized carbons (Fsp3) is 0.250. The first-order chi connectivity index (χ1) is 1.00. The Hall–Kier alpha value is 3.27. The maximum Gasteiger partial charge on any atom is 1.00 e. The normalized spacial score (nSPS) is 1.00. The summed E-state index contributed by atoms with van der Waals surface area (Å²) in [4.78, 5) is 0. The van der Waals surface area contributed by atoms with Gasteiger partial charge in [0.05, 0.1) is 0 Å². The molecule has 0 saturated carbocycles. The van der Waals surface area contributed by atoms with Crippen molar-refractivity contribution in [2.45, 2.75) is 6.92 Å². The predicted molar refractivity (Wildman–Crippen MR) is 23.9 cm³/mol. The monoisotopic (exact) mass is 137 g/mol. The molecule has 0 rings (SSSR count). The second kappa shape index (κ2) is 40.9. The Labute approximate surface area is 128 Å². The molecule has 0 aliphatic rings. The maximum absolute atomic E-state index is 3.25. The molecule has 0 saturated heterocycles. The van der Waals surface area contributed by atoms with Crippen molar-refractivity contribution in [2.24, 2.45) is 0 Å². The summed E-state index contributed by atoms with van der Waals surface area (Å²) in [6, 6.07) is 0. The van der Waals surface area contributed by atoms with E-state index in [4.69, 9.17) is 0 Å². The van der Waals surface area contributed by atoms with E-state index in [2.05, 4.69) is 6.92 Å². The van der Waals surface area contributed by atoms with Crippen LogP contribution in [0.4, 0.5) is 0 Å². The van der Waals surface area contributed by atoms with Gasteiger partial charge in [0.1, 0.15) is 0 Å². The fourth-order valence-corrected chi connectivity index (χ4v) is 0. The van der Waals surface area contributed by atoms with E-state index < -0.39 is 0 Å². The van der Waals surface area contributed by atoms with Crippen molar-refractivity contribution in [2.75, 3.05) is 0 Å². The quantitative estimate of drug-likeness (QED) is 0.234. The zero-order valence-corrected chi connectivity index (χ0v) is 12.0. The molecule has 6 heavy (non-hydrogen) atoms. The molecule has 0 aliphatic carbocycles. The van der Waals surface area contributed by atoms with E-state index in [1.165, 1.54) is 0 Å². The molecule has 0 spiro atoms. The van der Waals surface area contributed by atoms with Gasteiger partial charge >= 0.3 is 103 Å². The zero-order valence-electron chi connectivity index (χ0n) is 5.71.